The molecule has 0 atom stereocenters. The van der Waals surface area contributed by atoms with Gasteiger partial charge >= 0.3 is 0 Å². The van der Waals surface area contributed by atoms with Gasteiger partial charge in [-0.2, -0.15) is 0 Å². The summed E-state index contributed by atoms with van der Waals surface area (Å²) in [4.78, 5) is 0. The predicted octanol–water partition coefficient (Wildman–Crippen LogP) is 2.59. The summed E-state index contributed by atoms with van der Waals surface area (Å²) in [7, 11) is 3.28. The van der Waals surface area contributed by atoms with Gasteiger partial charge in [0.2, 0.25) is 0 Å². The largest absolute Gasteiger partial charge is 0.497 e. The van der Waals surface area contributed by atoms with Crippen LogP contribution in [-0.2, 0) is 20.8 Å². The Morgan fingerprint density at radius 3 is 2.65 bits per heavy atom. The molecule has 0 bridgehead atoms. The molecule has 5 heteroatoms. The molecule has 0 aromatic heterocycles. The van der Waals surface area contributed by atoms with Crippen molar-refractivity contribution in [3.05, 3.63) is 28.2 Å². The molecular formula is C12H17BrO4. The topological polar surface area (TPSA) is 36.9 Å². The quantitative estimate of drug-likeness (QED) is 0.546. The normalized spacial score (nSPS) is 10.5. The Bertz CT molecular complexity index is 330. The lowest BCUT2D eigenvalue weighted by atomic mass is 10.2. The monoisotopic (exact) mass is 304 g/mol. The van der Waals surface area contributed by atoms with E-state index in [4.69, 9.17) is 18.9 Å². The fraction of sp³-hybridized carbons (Fsp3) is 0.500. The molecule has 0 saturated heterocycles. The summed E-state index contributed by atoms with van der Waals surface area (Å²) >= 11 is 3.46. The smallest absolute Gasteiger partial charge is 0.147 e. The number of rotatable bonds is 8. The van der Waals surface area contributed by atoms with Gasteiger partial charge in [-0.05, 0) is 23.8 Å². The lowest BCUT2D eigenvalue weighted by Crippen LogP contribution is -2.06. The summed E-state index contributed by atoms with van der Waals surface area (Å²) in [6.45, 7) is 1.85. The molecule has 96 valence electrons. The molecule has 0 unspecified atom stereocenters. The highest BCUT2D eigenvalue weighted by Gasteiger charge is 2.02. The molecule has 0 aliphatic rings. The second-order valence-electron chi connectivity index (χ2n) is 3.32. The van der Waals surface area contributed by atoms with Crippen LogP contribution in [0.4, 0.5) is 0 Å². The van der Waals surface area contributed by atoms with E-state index >= 15 is 0 Å². The van der Waals surface area contributed by atoms with E-state index in [2.05, 4.69) is 15.9 Å². The number of hydrogen-bond donors (Lipinski definition) is 0. The first-order valence-electron chi connectivity index (χ1n) is 5.24. The maximum atomic E-state index is 5.38. The number of hydrogen-bond acceptors (Lipinski definition) is 4. The summed E-state index contributed by atoms with van der Waals surface area (Å²) in [6.07, 6.45) is 0. The lowest BCUT2D eigenvalue weighted by molar-refractivity contribution is -0.0726. The van der Waals surface area contributed by atoms with Crippen molar-refractivity contribution in [2.45, 2.75) is 6.61 Å². The zero-order chi connectivity index (χ0) is 12.5. The Balaban J connectivity index is 2.30. The molecule has 0 fully saturated rings. The van der Waals surface area contributed by atoms with E-state index in [0.29, 0.717) is 19.8 Å². The van der Waals surface area contributed by atoms with Crippen LogP contribution in [-0.4, -0.2) is 34.2 Å². The van der Waals surface area contributed by atoms with Gasteiger partial charge < -0.3 is 18.9 Å². The zero-order valence-electron chi connectivity index (χ0n) is 10.1. The lowest BCUT2D eigenvalue weighted by Gasteiger charge is -2.08. The van der Waals surface area contributed by atoms with Gasteiger partial charge in [-0.1, -0.05) is 15.9 Å². The Hall–Kier alpha value is -0.620. The molecule has 1 aromatic rings. The molecule has 0 heterocycles. The van der Waals surface area contributed by atoms with E-state index in [1.807, 2.05) is 18.2 Å². The van der Waals surface area contributed by atoms with Crippen LogP contribution in [0.1, 0.15) is 5.56 Å². The molecule has 0 radical (unpaired) electrons. The summed E-state index contributed by atoms with van der Waals surface area (Å²) in [5.41, 5.74) is 1.03. The average molecular weight is 305 g/mol. The third kappa shape index (κ3) is 5.50. The summed E-state index contributed by atoms with van der Waals surface area (Å²) < 4.78 is 21.6. The van der Waals surface area contributed by atoms with Crippen LogP contribution >= 0.6 is 15.9 Å². The zero-order valence-corrected chi connectivity index (χ0v) is 11.7. The molecule has 4 nitrogen and oxygen atoms in total. The number of ether oxygens (including phenoxy) is 4. The van der Waals surface area contributed by atoms with E-state index in [1.165, 1.54) is 0 Å². The van der Waals surface area contributed by atoms with Crippen molar-refractivity contribution in [1.82, 2.24) is 0 Å². The van der Waals surface area contributed by atoms with Crippen LogP contribution in [0.5, 0.6) is 5.75 Å². The van der Waals surface area contributed by atoms with Crippen LogP contribution in [0.25, 0.3) is 0 Å². The van der Waals surface area contributed by atoms with Crippen molar-refractivity contribution in [2.24, 2.45) is 0 Å². The SMILES string of the molecule is COCCOCOCc1cc(OC)ccc1Br. The van der Waals surface area contributed by atoms with Gasteiger partial charge in [0.1, 0.15) is 12.5 Å². The maximum absolute atomic E-state index is 5.38. The molecule has 0 amide bonds. The molecule has 0 N–H and O–H groups in total. The van der Waals surface area contributed by atoms with Crippen molar-refractivity contribution in [2.75, 3.05) is 34.2 Å². The van der Waals surface area contributed by atoms with Crippen LogP contribution in [0, 0.1) is 0 Å². The van der Waals surface area contributed by atoms with Gasteiger partial charge in [-0.15, -0.1) is 0 Å². The molecule has 0 spiro atoms. The number of benzene rings is 1. The van der Waals surface area contributed by atoms with Crippen molar-refractivity contribution < 1.29 is 18.9 Å². The van der Waals surface area contributed by atoms with Crippen molar-refractivity contribution in [3.63, 3.8) is 0 Å². The Morgan fingerprint density at radius 1 is 1.12 bits per heavy atom. The minimum atomic E-state index is 0.257. The van der Waals surface area contributed by atoms with Gasteiger partial charge in [-0.25, -0.2) is 0 Å². The van der Waals surface area contributed by atoms with E-state index in [0.717, 1.165) is 15.8 Å². The number of halogens is 1. The average Bonchev–Trinajstić information content (AvgIpc) is 2.35. The fourth-order valence-electron chi connectivity index (χ4n) is 1.20. The van der Waals surface area contributed by atoms with Crippen LogP contribution in [0.3, 0.4) is 0 Å². The van der Waals surface area contributed by atoms with E-state index in [-0.39, 0.29) is 6.79 Å². The molecule has 17 heavy (non-hydrogen) atoms. The molecule has 0 saturated carbocycles. The van der Waals surface area contributed by atoms with E-state index < -0.39 is 0 Å². The minimum absolute atomic E-state index is 0.257. The van der Waals surface area contributed by atoms with Gasteiger partial charge in [0.05, 0.1) is 26.9 Å². The first-order chi connectivity index (χ1) is 8.27. The first kappa shape index (κ1) is 14.4. The van der Waals surface area contributed by atoms with Gasteiger partial charge in [0, 0.05) is 11.6 Å². The van der Waals surface area contributed by atoms with Crippen molar-refractivity contribution in [1.29, 1.82) is 0 Å². The van der Waals surface area contributed by atoms with Crippen molar-refractivity contribution >= 4 is 15.9 Å². The molecule has 0 aliphatic heterocycles. The van der Waals surface area contributed by atoms with Gasteiger partial charge in [0.25, 0.3) is 0 Å². The Morgan fingerprint density at radius 2 is 1.94 bits per heavy atom. The van der Waals surface area contributed by atoms with Gasteiger partial charge in [-0.3, -0.25) is 0 Å². The molecule has 1 aromatic carbocycles. The number of methoxy groups -OCH3 is 2. The Labute approximate surface area is 110 Å². The third-order valence-electron chi connectivity index (χ3n) is 2.11. The Kier molecular flexibility index (Phi) is 7.19. The van der Waals surface area contributed by atoms with Crippen LogP contribution < -0.4 is 4.74 Å². The molecule has 1 rings (SSSR count). The second-order valence-corrected chi connectivity index (χ2v) is 4.18. The fourth-order valence-corrected chi connectivity index (χ4v) is 1.56. The third-order valence-corrected chi connectivity index (χ3v) is 2.88. The summed E-state index contributed by atoms with van der Waals surface area (Å²) in [5, 5.41) is 0. The second kappa shape index (κ2) is 8.47. The van der Waals surface area contributed by atoms with Gasteiger partial charge in [0.15, 0.2) is 0 Å². The maximum Gasteiger partial charge on any atom is 0.147 e. The predicted molar refractivity (Wildman–Crippen MR) is 68.2 cm³/mol. The van der Waals surface area contributed by atoms with Crippen LogP contribution in [0.2, 0.25) is 0 Å². The highest BCUT2D eigenvalue weighted by atomic mass is 79.9. The summed E-state index contributed by atoms with van der Waals surface area (Å²) in [6, 6.07) is 5.76. The highest BCUT2D eigenvalue weighted by Crippen LogP contribution is 2.22. The highest BCUT2D eigenvalue weighted by molar-refractivity contribution is 9.10. The first-order valence-corrected chi connectivity index (χ1v) is 6.04. The molecule has 0 aliphatic carbocycles. The minimum Gasteiger partial charge on any atom is -0.497 e. The van der Waals surface area contributed by atoms with Crippen LogP contribution in [0.15, 0.2) is 22.7 Å². The standard InChI is InChI=1S/C12H17BrO4/c1-14-5-6-16-9-17-8-10-7-11(15-2)3-4-12(10)13/h3-4,7H,5-6,8-9H2,1-2H3. The molecular weight excluding hydrogens is 288 g/mol. The van der Waals surface area contributed by atoms with E-state index in [9.17, 15) is 0 Å². The summed E-state index contributed by atoms with van der Waals surface area (Å²) in [5.74, 6) is 0.812. The van der Waals surface area contributed by atoms with E-state index in [1.54, 1.807) is 14.2 Å². The van der Waals surface area contributed by atoms with Crippen molar-refractivity contribution in [3.8, 4) is 5.75 Å².